The zero-order valence-electron chi connectivity index (χ0n) is 12.7. The number of anilines is 1. The number of aromatic nitrogens is 2. The number of halogens is 1. The number of carbonyl (C=O) groups excluding carboxylic acids is 1. The molecule has 2 heterocycles. The van der Waals surface area contributed by atoms with Crippen molar-refractivity contribution in [2.75, 3.05) is 5.32 Å². The molecule has 0 aliphatic heterocycles. The number of hydrogen-bond donors (Lipinski definition) is 2. The van der Waals surface area contributed by atoms with E-state index in [1.165, 1.54) is 0 Å². The van der Waals surface area contributed by atoms with E-state index in [9.17, 15) is 4.79 Å². The summed E-state index contributed by atoms with van der Waals surface area (Å²) in [6.07, 6.45) is 5.23. The summed E-state index contributed by atoms with van der Waals surface area (Å²) in [6, 6.07) is 14.3. The van der Waals surface area contributed by atoms with Crippen LogP contribution < -0.4 is 10.6 Å². The Bertz CT molecular complexity index is 805. The van der Waals surface area contributed by atoms with E-state index < -0.39 is 0 Å². The largest absolute Gasteiger partial charge is 0.334 e. The maximum absolute atomic E-state index is 11.9. The molecule has 0 unspecified atom stereocenters. The number of benzene rings is 1. The Morgan fingerprint density at radius 2 is 1.88 bits per heavy atom. The van der Waals surface area contributed by atoms with Gasteiger partial charge in [0.05, 0.1) is 5.69 Å². The number of hydrogen-bond acceptors (Lipinski definition) is 3. The second-order valence-corrected chi connectivity index (χ2v) is 5.54. The van der Waals surface area contributed by atoms with Crippen molar-refractivity contribution < 1.29 is 4.79 Å². The third-order valence-corrected chi connectivity index (χ3v) is 3.59. The van der Waals surface area contributed by atoms with Crippen molar-refractivity contribution in [2.45, 2.75) is 6.54 Å². The lowest BCUT2D eigenvalue weighted by Crippen LogP contribution is -2.28. The normalized spacial score (nSPS) is 10.2. The summed E-state index contributed by atoms with van der Waals surface area (Å²) in [5.41, 5.74) is 3.39. The predicted molar refractivity (Wildman–Crippen MR) is 94.8 cm³/mol. The number of carbonyl (C=O) groups is 1. The molecular formula is C18H15ClN4O. The minimum Gasteiger partial charge on any atom is -0.334 e. The zero-order valence-corrected chi connectivity index (χ0v) is 13.5. The van der Waals surface area contributed by atoms with Crippen molar-refractivity contribution in [1.82, 2.24) is 15.3 Å². The van der Waals surface area contributed by atoms with Gasteiger partial charge in [0.2, 0.25) is 0 Å². The van der Waals surface area contributed by atoms with Gasteiger partial charge in [-0.2, -0.15) is 0 Å². The SMILES string of the molecule is O=C(NCc1ccc(-c2cccnc2)nc1)Nc1ccc(Cl)cc1. The van der Waals surface area contributed by atoms with Crippen LogP contribution in [0.25, 0.3) is 11.3 Å². The molecule has 3 aromatic rings. The van der Waals surface area contributed by atoms with Crippen LogP contribution in [0, 0.1) is 0 Å². The minimum atomic E-state index is -0.284. The summed E-state index contributed by atoms with van der Waals surface area (Å²) in [5.74, 6) is 0. The number of nitrogens with one attached hydrogen (secondary N) is 2. The van der Waals surface area contributed by atoms with E-state index in [0.717, 1.165) is 16.8 Å². The number of rotatable bonds is 4. The van der Waals surface area contributed by atoms with Crippen molar-refractivity contribution in [3.63, 3.8) is 0 Å². The Hall–Kier alpha value is -2.92. The van der Waals surface area contributed by atoms with Crippen molar-refractivity contribution in [3.05, 3.63) is 77.7 Å². The van der Waals surface area contributed by atoms with Gasteiger partial charge in [0.25, 0.3) is 0 Å². The van der Waals surface area contributed by atoms with Gasteiger partial charge in [-0.1, -0.05) is 17.7 Å². The molecule has 0 aliphatic rings. The fourth-order valence-electron chi connectivity index (χ4n) is 2.10. The molecule has 2 N–H and O–H groups in total. The van der Waals surface area contributed by atoms with Crippen molar-refractivity contribution in [1.29, 1.82) is 0 Å². The quantitative estimate of drug-likeness (QED) is 0.752. The van der Waals surface area contributed by atoms with E-state index in [1.807, 2.05) is 24.3 Å². The lowest BCUT2D eigenvalue weighted by atomic mass is 10.1. The molecule has 0 atom stereocenters. The molecule has 2 aromatic heterocycles. The molecule has 0 fully saturated rings. The first-order valence-electron chi connectivity index (χ1n) is 7.36. The first kappa shape index (κ1) is 16.0. The molecule has 0 spiro atoms. The third kappa shape index (κ3) is 4.30. The predicted octanol–water partition coefficient (Wildman–Crippen LogP) is 4.12. The molecule has 0 saturated heterocycles. The van der Waals surface area contributed by atoms with E-state index in [4.69, 9.17) is 11.6 Å². The van der Waals surface area contributed by atoms with E-state index >= 15 is 0 Å². The third-order valence-electron chi connectivity index (χ3n) is 3.34. The zero-order chi connectivity index (χ0) is 16.8. The van der Waals surface area contributed by atoms with Crippen LogP contribution >= 0.6 is 11.6 Å². The summed E-state index contributed by atoms with van der Waals surface area (Å²) in [7, 11) is 0. The Balaban J connectivity index is 1.54. The van der Waals surface area contributed by atoms with Gasteiger partial charge >= 0.3 is 6.03 Å². The van der Waals surface area contributed by atoms with Crippen molar-refractivity contribution >= 4 is 23.3 Å². The van der Waals surface area contributed by atoms with Gasteiger partial charge < -0.3 is 10.6 Å². The minimum absolute atomic E-state index is 0.284. The number of pyridine rings is 2. The summed E-state index contributed by atoms with van der Waals surface area (Å²) in [5, 5.41) is 6.15. The Labute approximate surface area is 144 Å². The van der Waals surface area contributed by atoms with Crippen LogP contribution in [0.15, 0.2) is 67.1 Å². The highest BCUT2D eigenvalue weighted by atomic mass is 35.5. The maximum atomic E-state index is 11.9. The van der Waals surface area contributed by atoms with Gasteiger partial charge in [0.15, 0.2) is 0 Å². The number of nitrogens with zero attached hydrogens (tertiary/aromatic N) is 2. The Morgan fingerprint density at radius 1 is 1.04 bits per heavy atom. The second kappa shape index (κ2) is 7.57. The summed E-state index contributed by atoms with van der Waals surface area (Å²) in [4.78, 5) is 20.3. The van der Waals surface area contributed by atoms with Crippen molar-refractivity contribution in [3.8, 4) is 11.3 Å². The highest BCUT2D eigenvalue weighted by Crippen LogP contribution is 2.15. The molecule has 24 heavy (non-hydrogen) atoms. The van der Waals surface area contributed by atoms with Gasteiger partial charge in [-0.05, 0) is 48.0 Å². The number of urea groups is 1. The van der Waals surface area contributed by atoms with E-state index in [1.54, 1.807) is 42.9 Å². The van der Waals surface area contributed by atoms with Crippen LogP contribution in [0.3, 0.4) is 0 Å². The van der Waals surface area contributed by atoms with Crippen LogP contribution in [0.2, 0.25) is 5.02 Å². The fraction of sp³-hybridized carbons (Fsp3) is 0.0556. The van der Waals surface area contributed by atoms with Gasteiger partial charge in [-0.3, -0.25) is 9.97 Å². The lowest BCUT2D eigenvalue weighted by Gasteiger charge is -2.08. The molecule has 3 rings (SSSR count). The monoisotopic (exact) mass is 338 g/mol. The highest BCUT2D eigenvalue weighted by Gasteiger charge is 2.03. The summed E-state index contributed by atoms with van der Waals surface area (Å²) >= 11 is 5.81. The molecule has 0 saturated carbocycles. The van der Waals surface area contributed by atoms with Crippen molar-refractivity contribution in [2.24, 2.45) is 0 Å². The molecule has 1 aromatic carbocycles. The van der Waals surface area contributed by atoms with Crippen LogP contribution in [0.5, 0.6) is 0 Å². The maximum Gasteiger partial charge on any atom is 0.319 e. The van der Waals surface area contributed by atoms with E-state index in [-0.39, 0.29) is 6.03 Å². The first-order valence-corrected chi connectivity index (χ1v) is 7.74. The fourth-order valence-corrected chi connectivity index (χ4v) is 2.23. The van der Waals surface area contributed by atoms with Gasteiger partial charge in [0.1, 0.15) is 0 Å². The summed E-state index contributed by atoms with van der Waals surface area (Å²) < 4.78 is 0. The van der Waals surface area contributed by atoms with E-state index in [0.29, 0.717) is 17.3 Å². The van der Waals surface area contributed by atoms with Gasteiger partial charge in [0, 0.05) is 41.4 Å². The van der Waals surface area contributed by atoms with Crippen LogP contribution in [0.4, 0.5) is 10.5 Å². The Morgan fingerprint density at radius 3 is 2.54 bits per heavy atom. The molecule has 6 heteroatoms. The molecule has 2 amide bonds. The van der Waals surface area contributed by atoms with Crippen LogP contribution in [0.1, 0.15) is 5.56 Å². The van der Waals surface area contributed by atoms with Crippen LogP contribution in [-0.2, 0) is 6.54 Å². The topological polar surface area (TPSA) is 66.9 Å². The molecule has 0 bridgehead atoms. The molecule has 0 aliphatic carbocycles. The average molecular weight is 339 g/mol. The van der Waals surface area contributed by atoms with Gasteiger partial charge in [-0.15, -0.1) is 0 Å². The molecule has 120 valence electrons. The van der Waals surface area contributed by atoms with Gasteiger partial charge in [-0.25, -0.2) is 4.79 Å². The Kier molecular flexibility index (Phi) is 5.03. The standard InChI is InChI=1S/C18H15ClN4O/c19-15-4-6-16(7-5-15)23-18(24)22-11-13-3-8-17(21-10-13)14-2-1-9-20-12-14/h1-10,12H,11H2,(H2,22,23,24). The molecular weight excluding hydrogens is 324 g/mol. The first-order chi connectivity index (χ1) is 11.7. The van der Waals surface area contributed by atoms with Crippen LogP contribution in [-0.4, -0.2) is 16.0 Å². The summed E-state index contributed by atoms with van der Waals surface area (Å²) in [6.45, 7) is 0.389. The second-order valence-electron chi connectivity index (χ2n) is 5.11. The highest BCUT2D eigenvalue weighted by molar-refractivity contribution is 6.30. The average Bonchev–Trinajstić information content (AvgIpc) is 2.63. The smallest absolute Gasteiger partial charge is 0.319 e. The number of amides is 2. The molecule has 5 nitrogen and oxygen atoms in total. The lowest BCUT2D eigenvalue weighted by molar-refractivity contribution is 0.251. The van der Waals surface area contributed by atoms with E-state index in [2.05, 4.69) is 20.6 Å². The molecule has 0 radical (unpaired) electrons.